The van der Waals surface area contributed by atoms with Crippen LogP contribution in [0.1, 0.15) is 29.6 Å². The highest BCUT2D eigenvalue weighted by Gasteiger charge is 2.39. The highest BCUT2D eigenvalue weighted by atomic mass is 19.4. The molecule has 1 aliphatic rings. The predicted molar refractivity (Wildman–Crippen MR) is 106 cm³/mol. The van der Waals surface area contributed by atoms with E-state index in [9.17, 15) is 22.8 Å². The molecule has 0 spiro atoms. The van der Waals surface area contributed by atoms with Crippen molar-refractivity contribution < 1.29 is 32.2 Å². The third-order valence-corrected chi connectivity index (χ3v) is 5.12. The number of ether oxygens (including phenoxy) is 2. The number of halogens is 3. The van der Waals surface area contributed by atoms with E-state index < -0.39 is 23.4 Å². The van der Waals surface area contributed by atoms with Crippen LogP contribution in [-0.2, 0) is 4.79 Å². The molecule has 0 aliphatic carbocycles. The summed E-state index contributed by atoms with van der Waals surface area (Å²) in [6.07, 6.45) is -3.44. The Bertz CT molecular complexity index is 903. The molecule has 166 valence electrons. The lowest BCUT2D eigenvalue weighted by atomic mass is 9.77. The molecule has 1 fully saturated rings. The van der Waals surface area contributed by atoms with Gasteiger partial charge in [0.2, 0.25) is 5.91 Å². The van der Waals surface area contributed by atoms with Crippen molar-refractivity contribution >= 4 is 11.8 Å². The molecule has 9 heteroatoms. The van der Waals surface area contributed by atoms with Crippen molar-refractivity contribution in [2.45, 2.75) is 25.6 Å². The summed E-state index contributed by atoms with van der Waals surface area (Å²) in [6, 6.07) is 13.9. The van der Waals surface area contributed by atoms with Crippen molar-refractivity contribution in [2.24, 2.45) is 11.1 Å². The van der Waals surface area contributed by atoms with Crippen LogP contribution >= 0.6 is 0 Å². The minimum absolute atomic E-state index is 0.0575. The van der Waals surface area contributed by atoms with Crippen LogP contribution in [0.5, 0.6) is 11.5 Å². The van der Waals surface area contributed by atoms with E-state index in [0.717, 1.165) is 12.1 Å². The van der Waals surface area contributed by atoms with Crippen molar-refractivity contribution in [3.63, 3.8) is 0 Å². The zero-order chi connectivity index (χ0) is 22.5. The molecule has 0 saturated carbocycles. The summed E-state index contributed by atoms with van der Waals surface area (Å²) in [6.45, 7) is 0.927. The van der Waals surface area contributed by atoms with Gasteiger partial charge in [-0.15, -0.1) is 13.2 Å². The van der Waals surface area contributed by atoms with Crippen LogP contribution in [0.2, 0.25) is 0 Å². The van der Waals surface area contributed by atoms with Crippen LogP contribution in [0.3, 0.4) is 0 Å². The Kier molecular flexibility index (Phi) is 6.72. The van der Waals surface area contributed by atoms with E-state index in [-0.39, 0.29) is 31.0 Å². The number of benzene rings is 2. The third kappa shape index (κ3) is 6.37. The summed E-state index contributed by atoms with van der Waals surface area (Å²) in [5.74, 6) is -0.580. The maximum Gasteiger partial charge on any atom is 0.573 e. The molecule has 0 aromatic heterocycles. The number of amides is 2. The lowest BCUT2D eigenvalue weighted by molar-refractivity contribution is -0.274. The molecule has 2 N–H and O–H groups in total. The number of carbonyl (C=O) groups is 2. The number of para-hydroxylation sites is 1. The van der Waals surface area contributed by atoms with Gasteiger partial charge < -0.3 is 20.1 Å². The van der Waals surface area contributed by atoms with Crippen LogP contribution in [-0.4, -0.2) is 42.8 Å². The Hall–Kier alpha value is -3.23. The van der Waals surface area contributed by atoms with Crippen LogP contribution < -0.4 is 15.2 Å². The SMILES string of the molecule is NC(=O)C[C@]1(COc2ccccc2)CCCN(C(=O)c2ccc(OC(F)(F)F)cc2)C1. The van der Waals surface area contributed by atoms with Crippen LogP contribution in [0.25, 0.3) is 0 Å². The fraction of sp³-hybridized carbons (Fsp3) is 0.364. The van der Waals surface area contributed by atoms with Crippen molar-refractivity contribution in [3.05, 3.63) is 60.2 Å². The summed E-state index contributed by atoms with van der Waals surface area (Å²) in [5, 5.41) is 0. The standard InChI is InChI=1S/C22H23F3N2O4/c23-22(24,25)31-18-9-7-16(8-10-18)20(29)27-12-4-11-21(14-27,13-19(26)28)15-30-17-5-2-1-3-6-17/h1-3,5-10H,4,11-15H2,(H2,26,28)/t21-/m1/s1. The number of nitrogens with zero attached hydrogens (tertiary/aromatic N) is 1. The van der Waals surface area contributed by atoms with Gasteiger partial charge in [0.15, 0.2) is 0 Å². The van der Waals surface area contributed by atoms with Gasteiger partial charge in [0.1, 0.15) is 11.5 Å². The Morgan fingerprint density at radius 3 is 2.32 bits per heavy atom. The van der Waals surface area contributed by atoms with E-state index in [2.05, 4.69) is 4.74 Å². The Balaban J connectivity index is 1.72. The predicted octanol–water partition coefficient (Wildman–Crippen LogP) is 3.76. The highest BCUT2D eigenvalue weighted by molar-refractivity contribution is 5.94. The molecule has 6 nitrogen and oxygen atoms in total. The molecule has 31 heavy (non-hydrogen) atoms. The zero-order valence-corrected chi connectivity index (χ0v) is 16.7. The van der Waals surface area contributed by atoms with Gasteiger partial charge in [0.25, 0.3) is 5.91 Å². The Morgan fingerprint density at radius 1 is 1.03 bits per heavy atom. The molecule has 2 amide bonds. The van der Waals surface area contributed by atoms with Gasteiger partial charge >= 0.3 is 6.36 Å². The van der Waals surface area contributed by atoms with Gasteiger partial charge in [-0.3, -0.25) is 9.59 Å². The zero-order valence-electron chi connectivity index (χ0n) is 16.7. The van der Waals surface area contributed by atoms with E-state index in [1.165, 1.54) is 12.1 Å². The Morgan fingerprint density at radius 2 is 1.71 bits per heavy atom. The van der Waals surface area contributed by atoms with Gasteiger partial charge in [-0.05, 0) is 49.2 Å². The molecule has 1 heterocycles. The number of alkyl halides is 3. The number of carbonyl (C=O) groups excluding carboxylic acids is 2. The topological polar surface area (TPSA) is 81.9 Å². The fourth-order valence-corrected chi connectivity index (χ4v) is 3.80. The molecular weight excluding hydrogens is 413 g/mol. The van der Waals surface area contributed by atoms with Crippen LogP contribution in [0.15, 0.2) is 54.6 Å². The maximum atomic E-state index is 12.9. The molecule has 2 aromatic carbocycles. The molecule has 1 saturated heterocycles. The number of rotatable bonds is 7. The van der Waals surface area contributed by atoms with Crippen molar-refractivity contribution in [2.75, 3.05) is 19.7 Å². The summed E-state index contributed by atoms with van der Waals surface area (Å²) < 4.78 is 46.7. The fourth-order valence-electron chi connectivity index (χ4n) is 3.80. The summed E-state index contributed by atoms with van der Waals surface area (Å²) in [7, 11) is 0. The van der Waals surface area contributed by atoms with Crippen molar-refractivity contribution in [1.29, 1.82) is 0 Å². The molecule has 0 bridgehead atoms. The second-order valence-electron chi connectivity index (χ2n) is 7.65. The lowest BCUT2D eigenvalue weighted by Gasteiger charge is -2.42. The molecule has 0 unspecified atom stereocenters. The van der Waals surface area contributed by atoms with Gasteiger partial charge in [-0.2, -0.15) is 0 Å². The third-order valence-electron chi connectivity index (χ3n) is 5.12. The first-order chi connectivity index (χ1) is 14.7. The minimum Gasteiger partial charge on any atom is -0.493 e. The first-order valence-electron chi connectivity index (χ1n) is 9.77. The first-order valence-corrected chi connectivity index (χ1v) is 9.77. The number of nitrogens with two attached hydrogens (primary N) is 1. The van der Waals surface area contributed by atoms with E-state index in [4.69, 9.17) is 10.5 Å². The molecular formula is C22H23F3N2O4. The van der Waals surface area contributed by atoms with E-state index in [0.29, 0.717) is 25.1 Å². The monoisotopic (exact) mass is 436 g/mol. The second-order valence-corrected chi connectivity index (χ2v) is 7.65. The average molecular weight is 436 g/mol. The number of primary amides is 1. The Labute approximate surface area is 177 Å². The summed E-state index contributed by atoms with van der Waals surface area (Å²) in [5.41, 5.74) is 5.06. The number of piperidine rings is 1. The van der Waals surface area contributed by atoms with Gasteiger partial charge in [-0.25, -0.2) is 0 Å². The molecule has 2 aromatic rings. The van der Waals surface area contributed by atoms with Gasteiger partial charge in [-0.1, -0.05) is 18.2 Å². The lowest BCUT2D eigenvalue weighted by Crippen LogP contribution is -2.50. The van der Waals surface area contributed by atoms with Crippen molar-refractivity contribution in [1.82, 2.24) is 4.90 Å². The number of likely N-dealkylation sites (tertiary alicyclic amines) is 1. The number of hydrogen-bond donors (Lipinski definition) is 1. The van der Waals surface area contributed by atoms with Gasteiger partial charge in [0.05, 0.1) is 6.61 Å². The van der Waals surface area contributed by atoms with Gasteiger partial charge in [0, 0.05) is 30.5 Å². The van der Waals surface area contributed by atoms with E-state index >= 15 is 0 Å². The second kappa shape index (κ2) is 9.28. The highest BCUT2D eigenvalue weighted by Crippen LogP contribution is 2.35. The normalized spacial score (nSPS) is 19.0. The van der Waals surface area contributed by atoms with Crippen molar-refractivity contribution in [3.8, 4) is 11.5 Å². The first kappa shape index (κ1) is 22.5. The number of hydrogen-bond acceptors (Lipinski definition) is 4. The van der Waals surface area contributed by atoms with Crippen LogP contribution in [0, 0.1) is 5.41 Å². The molecule has 1 atom stereocenters. The summed E-state index contributed by atoms with van der Waals surface area (Å²) in [4.78, 5) is 26.3. The van der Waals surface area contributed by atoms with Crippen LogP contribution in [0.4, 0.5) is 13.2 Å². The summed E-state index contributed by atoms with van der Waals surface area (Å²) >= 11 is 0. The smallest absolute Gasteiger partial charge is 0.493 e. The molecule has 3 rings (SSSR count). The largest absolute Gasteiger partial charge is 0.573 e. The molecule has 0 radical (unpaired) electrons. The molecule has 1 aliphatic heterocycles. The minimum atomic E-state index is -4.80. The maximum absolute atomic E-state index is 12.9. The van der Waals surface area contributed by atoms with E-state index in [1.807, 2.05) is 18.2 Å². The quantitative estimate of drug-likeness (QED) is 0.717. The van der Waals surface area contributed by atoms with E-state index in [1.54, 1.807) is 17.0 Å². The average Bonchev–Trinajstić information content (AvgIpc) is 2.72.